The Bertz CT molecular complexity index is 547. The highest BCUT2D eigenvalue weighted by atomic mass is 32.1. The van der Waals surface area contributed by atoms with Crippen molar-refractivity contribution >= 4 is 17.6 Å². The monoisotopic (exact) mass is 272 g/mol. The van der Waals surface area contributed by atoms with Crippen molar-refractivity contribution < 1.29 is 22.7 Å². The van der Waals surface area contributed by atoms with Crippen molar-refractivity contribution in [1.29, 1.82) is 0 Å². The highest BCUT2D eigenvalue weighted by Gasteiger charge is 2.32. The van der Waals surface area contributed by atoms with Gasteiger partial charge in [0.25, 0.3) is 0 Å². The fourth-order valence-electron chi connectivity index (χ4n) is 1.46. The lowest BCUT2D eigenvalue weighted by Crippen LogP contribution is -2.17. The maximum absolute atomic E-state index is 12.3. The van der Waals surface area contributed by atoms with Crippen LogP contribution in [-0.2, 0) is 0 Å². The van der Waals surface area contributed by atoms with E-state index in [2.05, 4.69) is 4.74 Å². The van der Waals surface area contributed by atoms with E-state index in [4.69, 9.17) is 0 Å². The van der Waals surface area contributed by atoms with Gasteiger partial charge in [0.15, 0.2) is 0 Å². The van der Waals surface area contributed by atoms with Crippen molar-refractivity contribution in [2.45, 2.75) is 6.36 Å². The molecule has 1 heterocycles. The Morgan fingerprint density at radius 2 is 2.00 bits per heavy atom. The van der Waals surface area contributed by atoms with Gasteiger partial charge in [0, 0.05) is 16.0 Å². The van der Waals surface area contributed by atoms with Gasteiger partial charge in [-0.15, -0.1) is 24.5 Å². The molecule has 1 aromatic heterocycles. The molecule has 18 heavy (non-hydrogen) atoms. The Morgan fingerprint density at radius 3 is 2.56 bits per heavy atom. The molecule has 0 saturated carbocycles. The topological polar surface area (TPSA) is 26.3 Å². The van der Waals surface area contributed by atoms with E-state index in [0.29, 0.717) is 16.7 Å². The summed E-state index contributed by atoms with van der Waals surface area (Å²) in [5.74, 6) is -0.310. The van der Waals surface area contributed by atoms with Gasteiger partial charge >= 0.3 is 6.36 Å². The van der Waals surface area contributed by atoms with Gasteiger partial charge in [0.05, 0.1) is 0 Å². The zero-order valence-corrected chi connectivity index (χ0v) is 9.72. The van der Waals surface area contributed by atoms with Crippen LogP contribution in [0.1, 0.15) is 10.4 Å². The molecule has 0 spiro atoms. The van der Waals surface area contributed by atoms with Gasteiger partial charge in [0.1, 0.15) is 12.0 Å². The number of carbonyl (C=O) groups excluding carboxylic acids is 1. The van der Waals surface area contributed by atoms with Gasteiger partial charge in [-0.1, -0.05) is 6.07 Å². The first-order valence-corrected chi connectivity index (χ1v) is 5.76. The first-order valence-electron chi connectivity index (χ1n) is 4.88. The molecule has 0 unspecified atom stereocenters. The van der Waals surface area contributed by atoms with Gasteiger partial charge in [-0.3, -0.25) is 4.79 Å². The van der Waals surface area contributed by atoms with Crippen LogP contribution in [0.4, 0.5) is 13.2 Å². The normalized spacial score (nSPS) is 11.3. The zero-order chi connectivity index (χ0) is 13.2. The molecule has 0 amide bonds. The summed E-state index contributed by atoms with van der Waals surface area (Å²) in [4.78, 5) is 11.3. The van der Waals surface area contributed by atoms with Crippen LogP contribution in [0, 0.1) is 0 Å². The van der Waals surface area contributed by atoms with E-state index >= 15 is 0 Å². The summed E-state index contributed by atoms with van der Waals surface area (Å²) in [5.41, 5.74) is 0.555. The third kappa shape index (κ3) is 2.89. The summed E-state index contributed by atoms with van der Waals surface area (Å²) in [6, 6.07) is 7.18. The molecule has 94 valence electrons. The second kappa shape index (κ2) is 4.81. The van der Waals surface area contributed by atoms with Crippen LogP contribution < -0.4 is 4.74 Å². The van der Waals surface area contributed by atoms with Gasteiger partial charge in [-0.25, -0.2) is 0 Å². The van der Waals surface area contributed by atoms with Crippen LogP contribution in [0.3, 0.4) is 0 Å². The Kier molecular flexibility index (Phi) is 3.38. The van der Waals surface area contributed by atoms with Crippen LogP contribution in [0.2, 0.25) is 0 Å². The van der Waals surface area contributed by atoms with Crippen molar-refractivity contribution in [1.82, 2.24) is 0 Å². The Hall–Kier alpha value is -1.82. The summed E-state index contributed by atoms with van der Waals surface area (Å²) < 4.78 is 40.7. The number of thiophene rings is 1. The van der Waals surface area contributed by atoms with E-state index < -0.39 is 6.36 Å². The van der Waals surface area contributed by atoms with E-state index in [1.807, 2.05) is 0 Å². The van der Waals surface area contributed by atoms with Crippen LogP contribution in [0.25, 0.3) is 10.4 Å². The molecule has 0 atom stereocenters. The molecule has 2 rings (SSSR count). The van der Waals surface area contributed by atoms with Gasteiger partial charge in [-0.05, 0) is 29.6 Å². The van der Waals surface area contributed by atoms with Crippen molar-refractivity contribution in [3.05, 3.63) is 41.3 Å². The predicted octanol–water partition coefficient (Wildman–Crippen LogP) is 4.13. The quantitative estimate of drug-likeness (QED) is 0.785. The smallest absolute Gasteiger partial charge is 0.405 e. The fourth-order valence-corrected chi connectivity index (χ4v) is 2.21. The lowest BCUT2D eigenvalue weighted by atomic mass is 10.1. The predicted molar refractivity (Wildman–Crippen MR) is 61.8 cm³/mol. The lowest BCUT2D eigenvalue weighted by molar-refractivity contribution is -0.274. The summed E-state index contributed by atoms with van der Waals surface area (Å²) in [6.45, 7) is 0. The third-order valence-corrected chi connectivity index (χ3v) is 3.06. The molecule has 0 fully saturated rings. The molecule has 2 nitrogen and oxygen atoms in total. The maximum atomic E-state index is 12.3. The third-order valence-electron chi connectivity index (χ3n) is 2.15. The number of benzene rings is 1. The summed E-state index contributed by atoms with van der Waals surface area (Å²) in [6.07, 6.45) is -4.18. The number of hydrogen-bond acceptors (Lipinski definition) is 3. The highest BCUT2D eigenvalue weighted by Crippen LogP contribution is 2.36. The van der Waals surface area contributed by atoms with Crippen molar-refractivity contribution in [2.24, 2.45) is 0 Å². The van der Waals surface area contributed by atoms with Crippen LogP contribution in [0.5, 0.6) is 5.75 Å². The number of alkyl halides is 3. The second-order valence-electron chi connectivity index (χ2n) is 3.40. The molecule has 2 aromatic rings. The van der Waals surface area contributed by atoms with E-state index in [-0.39, 0.29) is 11.3 Å². The maximum Gasteiger partial charge on any atom is 0.573 e. The molecule has 1 aromatic carbocycles. The molecular formula is C12H7F3O2S. The largest absolute Gasteiger partial charge is 0.573 e. The summed E-state index contributed by atoms with van der Waals surface area (Å²) in [7, 11) is 0. The molecular weight excluding hydrogens is 265 g/mol. The molecule has 0 aliphatic rings. The minimum absolute atomic E-state index is 0.256. The number of ether oxygens (including phenoxy) is 1. The van der Waals surface area contributed by atoms with E-state index in [1.54, 1.807) is 17.5 Å². The first-order chi connectivity index (χ1) is 8.49. The number of aldehydes is 1. The van der Waals surface area contributed by atoms with Crippen LogP contribution >= 0.6 is 11.3 Å². The van der Waals surface area contributed by atoms with Gasteiger partial charge < -0.3 is 4.74 Å². The molecule has 0 aliphatic carbocycles. The number of hydrogen-bond donors (Lipinski definition) is 0. The van der Waals surface area contributed by atoms with Crippen molar-refractivity contribution in [2.75, 3.05) is 0 Å². The number of rotatable bonds is 3. The Morgan fingerprint density at radius 1 is 1.22 bits per heavy atom. The van der Waals surface area contributed by atoms with Gasteiger partial charge in [-0.2, -0.15) is 0 Å². The molecule has 0 saturated heterocycles. The Labute approximate surface area is 105 Å². The van der Waals surface area contributed by atoms with Crippen molar-refractivity contribution in [3.8, 4) is 16.2 Å². The summed E-state index contributed by atoms with van der Waals surface area (Å²) in [5, 5.41) is 1.74. The first kappa shape index (κ1) is 12.6. The lowest BCUT2D eigenvalue weighted by Gasteiger charge is -2.12. The number of carbonyl (C=O) groups is 1. The molecule has 0 N–H and O–H groups in total. The van der Waals surface area contributed by atoms with Crippen molar-refractivity contribution in [3.63, 3.8) is 0 Å². The number of halogens is 3. The zero-order valence-electron chi connectivity index (χ0n) is 8.90. The molecule has 0 aliphatic heterocycles. The standard InChI is InChI=1S/C12H7F3O2S/c13-12(14,15)17-10-4-3-8(7-16)6-9(10)11-2-1-5-18-11/h1-7H. The molecule has 0 bridgehead atoms. The Balaban J connectivity index is 2.49. The SMILES string of the molecule is O=Cc1ccc(OC(F)(F)F)c(-c2cccs2)c1. The average Bonchev–Trinajstić information content (AvgIpc) is 2.81. The second-order valence-corrected chi connectivity index (χ2v) is 4.35. The van der Waals surface area contributed by atoms with Crippen LogP contribution in [-0.4, -0.2) is 12.6 Å². The average molecular weight is 272 g/mol. The van der Waals surface area contributed by atoms with E-state index in [0.717, 1.165) is 6.07 Å². The molecule has 6 heteroatoms. The van der Waals surface area contributed by atoms with E-state index in [9.17, 15) is 18.0 Å². The fraction of sp³-hybridized carbons (Fsp3) is 0.0833. The van der Waals surface area contributed by atoms with E-state index in [1.165, 1.54) is 23.5 Å². The summed E-state index contributed by atoms with van der Waals surface area (Å²) >= 11 is 1.27. The van der Waals surface area contributed by atoms with Gasteiger partial charge in [0.2, 0.25) is 0 Å². The highest BCUT2D eigenvalue weighted by molar-refractivity contribution is 7.13. The molecule has 0 radical (unpaired) electrons. The minimum Gasteiger partial charge on any atom is -0.405 e. The van der Waals surface area contributed by atoms with Crippen LogP contribution in [0.15, 0.2) is 35.7 Å². The minimum atomic E-state index is -4.76.